The Kier molecular flexibility index (Phi) is 6.28. The van der Waals surface area contributed by atoms with Gasteiger partial charge in [-0.25, -0.2) is 0 Å². The highest BCUT2D eigenvalue weighted by atomic mass is 16.5. The first-order valence-electron chi connectivity index (χ1n) is 3.91. The van der Waals surface area contributed by atoms with E-state index in [-0.39, 0.29) is 18.2 Å². The third kappa shape index (κ3) is 5.85. The van der Waals surface area contributed by atoms with Crippen molar-refractivity contribution in [3.8, 4) is 0 Å². The molecular formula is C8H15NO3. The van der Waals surface area contributed by atoms with Gasteiger partial charge in [0, 0.05) is 26.0 Å². The van der Waals surface area contributed by atoms with E-state index in [1.807, 2.05) is 0 Å². The van der Waals surface area contributed by atoms with Gasteiger partial charge in [-0.1, -0.05) is 6.92 Å². The minimum Gasteiger partial charge on any atom is -0.383 e. The molecule has 70 valence electrons. The van der Waals surface area contributed by atoms with Crippen molar-refractivity contribution in [1.82, 2.24) is 5.32 Å². The standard InChI is InChI=1S/C8H15NO3/c1-7(6-10)5-8(11)9-3-4-12-2/h6-7H,3-5H2,1-2H3,(H,9,11). The second kappa shape index (κ2) is 6.79. The number of carbonyl (C=O) groups is 2. The second-order valence-electron chi connectivity index (χ2n) is 2.66. The summed E-state index contributed by atoms with van der Waals surface area (Å²) in [6.45, 7) is 2.71. The van der Waals surface area contributed by atoms with Crippen molar-refractivity contribution >= 4 is 12.2 Å². The molecule has 0 bridgehead atoms. The Bertz CT molecular complexity index is 147. The van der Waals surface area contributed by atoms with Crippen LogP contribution in [0.15, 0.2) is 0 Å². The van der Waals surface area contributed by atoms with Gasteiger partial charge in [-0.15, -0.1) is 0 Å². The maximum atomic E-state index is 11.0. The minimum absolute atomic E-state index is 0.105. The molecule has 1 N–H and O–H groups in total. The third-order valence-corrected chi connectivity index (χ3v) is 1.37. The Morgan fingerprint density at radius 3 is 2.83 bits per heavy atom. The van der Waals surface area contributed by atoms with E-state index in [0.717, 1.165) is 6.29 Å². The van der Waals surface area contributed by atoms with Crippen LogP contribution in [0.2, 0.25) is 0 Å². The van der Waals surface area contributed by atoms with Gasteiger partial charge >= 0.3 is 0 Å². The summed E-state index contributed by atoms with van der Waals surface area (Å²) in [7, 11) is 1.57. The molecule has 0 aliphatic carbocycles. The second-order valence-corrected chi connectivity index (χ2v) is 2.66. The molecule has 0 saturated carbocycles. The Labute approximate surface area is 72.3 Å². The molecule has 0 aromatic carbocycles. The summed E-state index contributed by atoms with van der Waals surface area (Å²) in [5.74, 6) is -0.306. The highest BCUT2D eigenvalue weighted by molar-refractivity contribution is 5.78. The van der Waals surface area contributed by atoms with Gasteiger partial charge in [0.25, 0.3) is 0 Å². The summed E-state index contributed by atoms with van der Waals surface area (Å²) in [5, 5.41) is 2.63. The van der Waals surface area contributed by atoms with E-state index in [2.05, 4.69) is 5.32 Å². The lowest BCUT2D eigenvalue weighted by molar-refractivity contribution is -0.124. The quantitative estimate of drug-likeness (QED) is 0.453. The summed E-state index contributed by atoms with van der Waals surface area (Å²) in [6, 6.07) is 0. The lowest BCUT2D eigenvalue weighted by atomic mass is 10.1. The molecule has 4 heteroatoms. The molecular weight excluding hydrogens is 158 g/mol. The first kappa shape index (κ1) is 11.1. The smallest absolute Gasteiger partial charge is 0.220 e. The molecule has 0 radical (unpaired) electrons. The molecule has 1 atom stereocenters. The van der Waals surface area contributed by atoms with Gasteiger partial charge in [0.15, 0.2) is 0 Å². The van der Waals surface area contributed by atoms with E-state index in [1.54, 1.807) is 14.0 Å². The Morgan fingerprint density at radius 2 is 2.33 bits per heavy atom. The van der Waals surface area contributed by atoms with Gasteiger partial charge in [0.1, 0.15) is 6.29 Å². The number of ether oxygens (including phenoxy) is 1. The number of amides is 1. The number of hydrogen-bond acceptors (Lipinski definition) is 3. The normalized spacial score (nSPS) is 12.2. The zero-order chi connectivity index (χ0) is 9.40. The van der Waals surface area contributed by atoms with Crippen LogP contribution in [-0.4, -0.2) is 32.5 Å². The summed E-state index contributed by atoms with van der Waals surface area (Å²) in [6.07, 6.45) is 1.03. The summed E-state index contributed by atoms with van der Waals surface area (Å²) < 4.78 is 4.74. The lowest BCUT2D eigenvalue weighted by Gasteiger charge is -2.04. The number of carbonyl (C=O) groups excluding carboxylic acids is 2. The fraction of sp³-hybridized carbons (Fsp3) is 0.750. The molecule has 0 aliphatic heterocycles. The molecule has 0 rings (SSSR count). The van der Waals surface area contributed by atoms with Crippen LogP contribution in [-0.2, 0) is 14.3 Å². The molecule has 0 aromatic heterocycles. The average Bonchev–Trinajstić information content (AvgIpc) is 2.05. The number of aldehydes is 1. The van der Waals surface area contributed by atoms with Gasteiger partial charge in [0.2, 0.25) is 5.91 Å². The monoisotopic (exact) mass is 173 g/mol. The van der Waals surface area contributed by atoms with Gasteiger partial charge in [-0.2, -0.15) is 0 Å². The molecule has 0 spiro atoms. The Balaban J connectivity index is 3.39. The summed E-state index contributed by atoms with van der Waals surface area (Å²) >= 11 is 0. The predicted molar refractivity (Wildman–Crippen MR) is 44.7 cm³/mol. The fourth-order valence-corrected chi connectivity index (χ4v) is 0.705. The largest absolute Gasteiger partial charge is 0.383 e. The van der Waals surface area contributed by atoms with Gasteiger partial charge < -0.3 is 14.8 Å². The zero-order valence-electron chi connectivity index (χ0n) is 7.50. The maximum absolute atomic E-state index is 11.0. The number of nitrogens with one attached hydrogen (secondary N) is 1. The number of methoxy groups -OCH3 is 1. The van der Waals surface area contributed by atoms with Crippen molar-refractivity contribution in [1.29, 1.82) is 0 Å². The van der Waals surface area contributed by atoms with Crippen LogP contribution in [0, 0.1) is 5.92 Å². The van der Waals surface area contributed by atoms with E-state index in [4.69, 9.17) is 4.74 Å². The van der Waals surface area contributed by atoms with Crippen LogP contribution in [0.3, 0.4) is 0 Å². The summed E-state index contributed by atoms with van der Waals surface area (Å²) in [4.78, 5) is 21.1. The van der Waals surface area contributed by atoms with Gasteiger partial charge in [-0.3, -0.25) is 4.79 Å². The third-order valence-electron chi connectivity index (χ3n) is 1.37. The highest BCUT2D eigenvalue weighted by Crippen LogP contribution is 1.95. The van der Waals surface area contributed by atoms with Crippen LogP contribution >= 0.6 is 0 Å². The van der Waals surface area contributed by atoms with Crippen LogP contribution < -0.4 is 5.32 Å². The molecule has 1 unspecified atom stereocenters. The molecule has 0 saturated heterocycles. The predicted octanol–water partition coefficient (Wildman–Crippen LogP) is -0.0259. The molecule has 0 heterocycles. The fourth-order valence-electron chi connectivity index (χ4n) is 0.705. The van der Waals surface area contributed by atoms with Crippen molar-refractivity contribution < 1.29 is 14.3 Å². The molecule has 1 amide bonds. The first-order chi connectivity index (χ1) is 5.70. The summed E-state index contributed by atoms with van der Waals surface area (Å²) in [5.41, 5.74) is 0. The van der Waals surface area contributed by atoms with Gasteiger partial charge in [0.05, 0.1) is 6.61 Å². The maximum Gasteiger partial charge on any atom is 0.220 e. The molecule has 0 fully saturated rings. The molecule has 12 heavy (non-hydrogen) atoms. The highest BCUT2D eigenvalue weighted by Gasteiger charge is 2.06. The van der Waals surface area contributed by atoms with E-state index >= 15 is 0 Å². The molecule has 4 nitrogen and oxygen atoms in total. The molecule has 0 aromatic rings. The average molecular weight is 173 g/mol. The van der Waals surface area contributed by atoms with Crippen LogP contribution in [0.5, 0.6) is 0 Å². The minimum atomic E-state index is -0.201. The molecule has 0 aliphatic rings. The van der Waals surface area contributed by atoms with Crippen LogP contribution in [0.1, 0.15) is 13.3 Å². The van der Waals surface area contributed by atoms with E-state index < -0.39 is 0 Å². The van der Waals surface area contributed by atoms with Crippen molar-refractivity contribution in [3.63, 3.8) is 0 Å². The van der Waals surface area contributed by atoms with Crippen LogP contribution in [0.25, 0.3) is 0 Å². The van der Waals surface area contributed by atoms with Crippen molar-refractivity contribution in [2.45, 2.75) is 13.3 Å². The SMILES string of the molecule is COCCNC(=O)CC(C)C=O. The number of hydrogen-bond donors (Lipinski definition) is 1. The van der Waals surface area contributed by atoms with E-state index in [9.17, 15) is 9.59 Å². The van der Waals surface area contributed by atoms with Gasteiger partial charge in [-0.05, 0) is 0 Å². The lowest BCUT2D eigenvalue weighted by Crippen LogP contribution is -2.28. The van der Waals surface area contributed by atoms with Crippen molar-refractivity contribution in [3.05, 3.63) is 0 Å². The van der Waals surface area contributed by atoms with E-state index in [0.29, 0.717) is 13.2 Å². The topological polar surface area (TPSA) is 55.4 Å². The first-order valence-corrected chi connectivity index (χ1v) is 3.91. The van der Waals surface area contributed by atoms with Crippen LogP contribution in [0.4, 0.5) is 0 Å². The van der Waals surface area contributed by atoms with Crippen molar-refractivity contribution in [2.75, 3.05) is 20.3 Å². The van der Waals surface area contributed by atoms with Crippen molar-refractivity contribution in [2.24, 2.45) is 5.92 Å². The zero-order valence-corrected chi connectivity index (χ0v) is 7.50. The Morgan fingerprint density at radius 1 is 1.67 bits per heavy atom. The van der Waals surface area contributed by atoms with E-state index in [1.165, 1.54) is 0 Å². The Hall–Kier alpha value is -0.900. The number of rotatable bonds is 6.